The minimum atomic E-state index is -0.0205. The molecule has 2 atom stereocenters. The largest absolute Gasteiger partial charge is 0.352 e. The molecule has 2 aliphatic rings. The molecule has 3 heterocycles. The number of aryl methyl sites for hydroxylation is 1. The molecule has 2 saturated heterocycles. The molecule has 0 aliphatic carbocycles. The number of carbonyl (C=O) groups excluding carboxylic acids is 1. The fourth-order valence-electron chi connectivity index (χ4n) is 5.64. The summed E-state index contributed by atoms with van der Waals surface area (Å²) in [5, 5.41) is 7.34. The minimum absolute atomic E-state index is 0.0205. The Morgan fingerprint density at radius 1 is 0.973 bits per heavy atom. The summed E-state index contributed by atoms with van der Waals surface area (Å²) in [5.74, 6) is 2.12. The molecule has 7 heteroatoms. The molecule has 0 saturated carbocycles. The molecule has 196 valence electrons. The highest BCUT2D eigenvalue weighted by atomic mass is 16.5. The smallest absolute Gasteiger partial charge is 0.241 e. The molecule has 0 spiro atoms. The van der Waals surface area contributed by atoms with Crippen LogP contribution in [0.4, 0.5) is 0 Å². The van der Waals surface area contributed by atoms with E-state index in [1.807, 2.05) is 31.2 Å². The highest BCUT2D eigenvalue weighted by molar-refractivity contribution is 5.79. The summed E-state index contributed by atoms with van der Waals surface area (Å²) >= 11 is 0. The second-order valence-corrected chi connectivity index (χ2v) is 10.9. The first-order chi connectivity index (χ1) is 18.0. The van der Waals surface area contributed by atoms with Gasteiger partial charge in [0.1, 0.15) is 0 Å². The van der Waals surface area contributed by atoms with Gasteiger partial charge in [0.05, 0.1) is 12.5 Å². The molecule has 37 heavy (non-hydrogen) atoms. The van der Waals surface area contributed by atoms with Crippen molar-refractivity contribution in [2.24, 2.45) is 11.8 Å². The highest BCUT2D eigenvalue weighted by Gasteiger charge is 2.27. The molecule has 0 bridgehead atoms. The standard InChI is InChI=1S/C30H39N5O2/c1-22-7-5-15-34(18-22)19-25-13-11-24(12-14-25)17-31-30(36)26-9-6-16-35(20-26)21-28-32-29(33-37-28)27-10-4-3-8-23(27)2/h3-4,8,10-14,22,26H,5-7,9,15-21H2,1-2H3,(H,31,36). The fraction of sp³-hybridized carbons (Fsp3) is 0.500. The van der Waals surface area contributed by atoms with Gasteiger partial charge in [-0.25, -0.2) is 0 Å². The van der Waals surface area contributed by atoms with Crippen LogP contribution in [0, 0.1) is 18.8 Å². The molecule has 2 aliphatic heterocycles. The third-order valence-electron chi connectivity index (χ3n) is 7.73. The lowest BCUT2D eigenvalue weighted by Crippen LogP contribution is -2.42. The first-order valence-electron chi connectivity index (χ1n) is 13.7. The van der Waals surface area contributed by atoms with Crippen LogP contribution in [0.25, 0.3) is 11.4 Å². The molecule has 1 amide bonds. The van der Waals surface area contributed by atoms with E-state index in [0.717, 1.165) is 48.5 Å². The lowest BCUT2D eigenvalue weighted by Gasteiger charge is -2.31. The number of nitrogens with zero attached hydrogens (tertiary/aromatic N) is 4. The Labute approximate surface area is 220 Å². The van der Waals surface area contributed by atoms with Gasteiger partial charge in [0.25, 0.3) is 0 Å². The predicted octanol–water partition coefficient (Wildman–Crippen LogP) is 4.81. The number of amides is 1. The summed E-state index contributed by atoms with van der Waals surface area (Å²) in [6.45, 7) is 10.6. The summed E-state index contributed by atoms with van der Waals surface area (Å²) in [6.07, 6.45) is 4.54. The normalized spacial score (nSPS) is 21.1. The third-order valence-corrected chi connectivity index (χ3v) is 7.73. The molecule has 7 nitrogen and oxygen atoms in total. The van der Waals surface area contributed by atoms with E-state index in [4.69, 9.17) is 4.52 Å². The Kier molecular flexibility index (Phi) is 8.31. The van der Waals surface area contributed by atoms with E-state index >= 15 is 0 Å². The van der Waals surface area contributed by atoms with Gasteiger partial charge in [-0.15, -0.1) is 0 Å². The number of nitrogens with one attached hydrogen (secondary N) is 1. The first kappa shape index (κ1) is 25.6. The zero-order chi connectivity index (χ0) is 25.6. The van der Waals surface area contributed by atoms with Crippen molar-refractivity contribution < 1.29 is 9.32 Å². The molecule has 1 N–H and O–H groups in total. The first-order valence-corrected chi connectivity index (χ1v) is 13.7. The molecule has 5 rings (SSSR count). The lowest BCUT2D eigenvalue weighted by molar-refractivity contribution is -0.127. The van der Waals surface area contributed by atoms with E-state index < -0.39 is 0 Å². The van der Waals surface area contributed by atoms with Crippen molar-refractivity contribution in [3.05, 3.63) is 71.1 Å². The number of carbonyl (C=O) groups is 1. The van der Waals surface area contributed by atoms with Gasteiger partial charge in [0, 0.05) is 31.7 Å². The topological polar surface area (TPSA) is 74.5 Å². The average molecular weight is 502 g/mol. The summed E-state index contributed by atoms with van der Waals surface area (Å²) in [5.41, 5.74) is 4.60. The molecule has 3 aromatic rings. The van der Waals surface area contributed by atoms with Crippen molar-refractivity contribution in [2.75, 3.05) is 26.2 Å². The second kappa shape index (κ2) is 12.0. The van der Waals surface area contributed by atoms with E-state index in [1.165, 1.54) is 31.5 Å². The molecular formula is C30H39N5O2. The summed E-state index contributed by atoms with van der Waals surface area (Å²) in [4.78, 5) is 22.4. The monoisotopic (exact) mass is 501 g/mol. The van der Waals surface area contributed by atoms with Crippen molar-refractivity contribution in [3.63, 3.8) is 0 Å². The quantitative estimate of drug-likeness (QED) is 0.478. The van der Waals surface area contributed by atoms with Crippen molar-refractivity contribution in [3.8, 4) is 11.4 Å². The number of benzene rings is 2. The van der Waals surface area contributed by atoms with Gasteiger partial charge in [-0.2, -0.15) is 4.98 Å². The van der Waals surface area contributed by atoms with Crippen LogP contribution in [0.1, 0.15) is 55.2 Å². The zero-order valence-electron chi connectivity index (χ0n) is 22.2. The van der Waals surface area contributed by atoms with Gasteiger partial charge in [0.15, 0.2) is 0 Å². The number of hydrogen-bond acceptors (Lipinski definition) is 6. The zero-order valence-corrected chi connectivity index (χ0v) is 22.2. The van der Waals surface area contributed by atoms with Crippen LogP contribution in [-0.2, 0) is 24.4 Å². The van der Waals surface area contributed by atoms with Crippen molar-refractivity contribution in [2.45, 2.75) is 59.2 Å². The van der Waals surface area contributed by atoms with Crippen LogP contribution in [0.2, 0.25) is 0 Å². The maximum absolute atomic E-state index is 13.0. The number of piperidine rings is 2. The number of hydrogen-bond donors (Lipinski definition) is 1. The van der Waals surface area contributed by atoms with Crippen LogP contribution in [-0.4, -0.2) is 52.0 Å². The highest BCUT2D eigenvalue weighted by Crippen LogP contribution is 2.23. The Bertz CT molecular complexity index is 1170. The van der Waals surface area contributed by atoms with Crippen LogP contribution >= 0.6 is 0 Å². The second-order valence-electron chi connectivity index (χ2n) is 10.9. The maximum atomic E-state index is 13.0. The van der Waals surface area contributed by atoms with Crippen LogP contribution < -0.4 is 5.32 Å². The predicted molar refractivity (Wildman–Crippen MR) is 144 cm³/mol. The van der Waals surface area contributed by atoms with Crippen LogP contribution in [0.3, 0.4) is 0 Å². The lowest BCUT2D eigenvalue weighted by atomic mass is 9.97. The molecule has 2 fully saturated rings. The Morgan fingerprint density at radius 2 is 1.70 bits per heavy atom. The Morgan fingerprint density at radius 3 is 2.49 bits per heavy atom. The van der Waals surface area contributed by atoms with Gasteiger partial charge < -0.3 is 9.84 Å². The maximum Gasteiger partial charge on any atom is 0.241 e. The van der Waals surface area contributed by atoms with Gasteiger partial charge in [-0.05, 0) is 68.3 Å². The van der Waals surface area contributed by atoms with E-state index in [0.29, 0.717) is 31.3 Å². The Hall–Kier alpha value is -3.03. The van der Waals surface area contributed by atoms with Crippen molar-refractivity contribution in [1.82, 2.24) is 25.3 Å². The number of likely N-dealkylation sites (tertiary alicyclic amines) is 2. The van der Waals surface area contributed by atoms with E-state index in [1.54, 1.807) is 0 Å². The van der Waals surface area contributed by atoms with Gasteiger partial charge in [-0.3, -0.25) is 14.6 Å². The summed E-state index contributed by atoms with van der Waals surface area (Å²) in [6, 6.07) is 16.8. The Balaban J connectivity index is 1.09. The molecule has 0 radical (unpaired) electrons. The third kappa shape index (κ3) is 6.84. The van der Waals surface area contributed by atoms with E-state index in [-0.39, 0.29) is 11.8 Å². The SMILES string of the molecule is Cc1ccccc1-c1noc(CN2CCCC(C(=O)NCc3ccc(CN4CCCC(C)C4)cc3)C2)n1. The summed E-state index contributed by atoms with van der Waals surface area (Å²) < 4.78 is 5.53. The fourth-order valence-corrected chi connectivity index (χ4v) is 5.64. The van der Waals surface area contributed by atoms with Crippen LogP contribution in [0.5, 0.6) is 0 Å². The minimum Gasteiger partial charge on any atom is -0.352 e. The molecule has 1 aromatic heterocycles. The average Bonchev–Trinajstić information content (AvgIpc) is 3.36. The van der Waals surface area contributed by atoms with Gasteiger partial charge in [-0.1, -0.05) is 60.6 Å². The van der Waals surface area contributed by atoms with Crippen molar-refractivity contribution in [1.29, 1.82) is 0 Å². The van der Waals surface area contributed by atoms with Crippen molar-refractivity contribution >= 4 is 5.91 Å². The molecule has 2 aromatic carbocycles. The molecular weight excluding hydrogens is 462 g/mol. The number of aromatic nitrogens is 2. The van der Waals surface area contributed by atoms with Crippen LogP contribution in [0.15, 0.2) is 53.1 Å². The van der Waals surface area contributed by atoms with Gasteiger partial charge in [0.2, 0.25) is 17.6 Å². The van der Waals surface area contributed by atoms with E-state index in [2.05, 4.69) is 56.4 Å². The molecule has 2 unspecified atom stereocenters. The van der Waals surface area contributed by atoms with E-state index in [9.17, 15) is 4.79 Å². The summed E-state index contributed by atoms with van der Waals surface area (Å²) in [7, 11) is 0. The van der Waals surface area contributed by atoms with Gasteiger partial charge >= 0.3 is 0 Å². The number of rotatable bonds is 8.